The molecule has 0 spiro atoms. The van der Waals surface area contributed by atoms with Gasteiger partial charge in [-0.3, -0.25) is 0 Å². The van der Waals surface area contributed by atoms with E-state index in [0.717, 1.165) is 0 Å². The van der Waals surface area contributed by atoms with Gasteiger partial charge in [0.05, 0.1) is 0 Å². The van der Waals surface area contributed by atoms with Crippen LogP contribution in [0.3, 0.4) is 0 Å². The van der Waals surface area contributed by atoms with Gasteiger partial charge in [0.25, 0.3) is 0 Å². The molecule has 0 saturated heterocycles. The van der Waals surface area contributed by atoms with Crippen molar-refractivity contribution < 1.29 is 133 Å². The Balaban J connectivity index is 0. The first-order valence-electron chi connectivity index (χ1n) is 0. The summed E-state index contributed by atoms with van der Waals surface area (Å²) in [6.07, 6.45) is 0. The molecule has 75 valence electrons. The fourth-order valence-corrected chi connectivity index (χ4v) is 0. The van der Waals surface area contributed by atoms with Gasteiger partial charge in [0, 0.05) is 70.7 Å². The van der Waals surface area contributed by atoms with Crippen molar-refractivity contribution in [2.75, 3.05) is 0 Å². The van der Waals surface area contributed by atoms with E-state index in [1.54, 1.807) is 0 Å². The van der Waals surface area contributed by atoms with Gasteiger partial charge in [-0.2, -0.15) is 0 Å². The smallest absolute Gasteiger partial charge is 0.358 e. The maximum Gasteiger partial charge on any atom is 2.00 e. The van der Waals surface area contributed by atoms with Gasteiger partial charge < -0.3 is 52.0 Å². The van der Waals surface area contributed by atoms with Crippen molar-refractivity contribution in [3.63, 3.8) is 0 Å². The minimum Gasteiger partial charge on any atom is -0.358 e. The molecule has 0 aromatic rings. The first-order valence-corrected chi connectivity index (χ1v) is 0. The van der Waals surface area contributed by atoms with E-state index in [-0.39, 0.29) is 185 Å². The molecule has 0 atom stereocenters. The molecule has 0 aromatic carbocycles. The zero-order valence-electron chi connectivity index (χ0n) is 9.36. The maximum absolute atomic E-state index is 0. The molecule has 0 saturated carbocycles. The first-order chi connectivity index (χ1) is 0. The van der Waals surface area contributed by atoms with Gasteiger partial charge in [0.1, 0.15) is 0 Å². The van der Waals surface area contributed by atoms with Crippen LogP contribution in [0.5, 0.6) is 0 Å². The zero-order valence-corrected chi connectivity index (χ0v) is 26.2. The van der Waals surface area contributed by atoms with Crippen LogP contribution >= 0.6 is 0 Å². The topological polar surface area (TPSA) is 0 Å². The maximum atomic E-state index is 0. The predicted molar refractivity (Wildman–Crippen MR) is 44.9 cm³/mol. The normalized spacial score (nSPS) is 0. The van der Waals surface area contributed by atoms with Crippen LogP contribution in [0.25, 0.3) is 0 Å². The third-order valence-electron chi connectivity index (χ3n) is 0. The monoisotopic (exact) mass is 1050 g/mol. The van der Waals surface area contributed by atoms with Crippen LogP contribution in [-0.2, 0) is 39.6 Å². The van der Waals surface area contributed by atoms with Crippen molar-refractivity contribution >= 4 is 0 Å². The fraction of sp³-hybridized carbons (Fsp3) is 0. The summed E-state index contributed by atoms with van der Waals surface area (Å²) in [7, 11) is 0. The zero-order chi connectivity index (χ0) is 0. The van der Waals surface area contributed by atoms with Gasteiger partial charge in [-0.1, -0.05) is 0 Å². The number of rotatable bonds is 0. The van der Waals surface area contributed by atoms with E-state index in [1.807, 2.05) is 0 Å². The Morgan fingerprint density at radius 2 is 0.417 bits per heavy atom. The summed E-state index contributed by atoms with van der Waals surface area (Å²) in [5.41, 5.74) is 0. The Hall–Kier alpha value is 4.43. The van der Waals surface area contributed by atoms with Crippen LogP contribution in [0.4, 0.5) is 0 Å². The molecule has 0 N–H and O–H groups in total. The minimum atomic E-state index is 0. The van der Waals surface area contributed by atoms with Crippen LogP contribution in [0.2, 0.25) is 0 Å². The molecule has 0 amide bonds. The summed E-state index contributed by atoms with van der Waals surface area (Å²) in [5, 5.41) is 0. The molecule has 5 heteroatoms. The van der Waals surface area contributed by atoms with Gasteiger partial charge >= 0.3 is 62.2 Å². The molecule has 0 unspecified atom stereocenters. The largest absolute Gasteiger partial charge is 2.00 e. The van der Waals surface area contributed by atoms with Gasteiger partial charge in [-0.25, -0.2) is 0 Å². The van der Waals surface area contributed by atoms with Gasteiger partial charge in [-0.05, 0) is 0 Å². The Morgan fingerprint density at radius 3 is 0.417 bits per heavy atom. The van der Waals surface area contributed by atoms with Gasteiger partial charge in [0.15, 0.2) is 0 Å². The average molecular weight is 1050 g/mol. The third kappa shape index (κ3) is 133. The van der Waals surface area contributed by atoms with Gasteiger partial charge in [0.2, 0.25) is 0 Å². The van der Waals surface area contributed by atoms with Crippen LogP contribution in [-0.4, -0.2) is 0 Å². The summed E-state index contributed by atoms with van der Waals surface area (Å²) in [6, 6.07) is 0. The van der Waals surface area contributed by atoms with Crippen molar-refractivity contribution in [1.82, 2.24) is 0 Å². The minimum absolute atomic E-state index is 0. The van der Waals surface area contributed by atoms with E-state index in [2.05, 4.69) is 0 Å². The molecule has 0 aromatic heterocycles. The SMILES string of the molecule is [CH3-].[CH3-].[CH3-].[CH3-].[CH3-].[CH3-].[CH3-].[U+2].[U+2].[U].[V].[W]. The Labute approximate surface area is 181 Å². The molecule has 0 aliphatic carbocycles. The summed E-state index contributed by atoms with van der Waals surface area (Å²) >= 11 is 0. The first kappa shape index (κ1) is 199. The van der Waals surface area contributed by atoms with E-state index in [1.165, 1.54) is 0 Å². The van der Waals surface area contributed by atoms with E-state index in [4.69, 9.17) is 0 Å². The second kappa shape index (κ2) is 164. The summed E-state index contributed by atoms with van der Waals surface area (Å²) in [4.78, 5) is 0. The molecule has 0 heterocycles. The summed E-state index contributed by atoms with van der Waals surface area (Å²) in [6.45, 7) is 0. The molecule has 0 bridgehead atoms. The molecule has 12 heavy (non-hydrogen) atoms. The molecule has 0 aliphatic rings. The second-order valence-corrected chi connectivity index (χ2v) is 0. The number of hydrogen-bond acceptors (Lipinski definition) is 0. The molecular formula is C7H21U3VW-3. The fourth-order valence-electron chi connectivity index (χ4n) is 0. The van der Waals surface area contributed by atoms with Crippen molar-refractivity contribution in [2.24, 2.45) is 0 Å². The van der Waals surface area contributed by atoms with Crippen LogP contribution < -0.4 is 0 Å². The standard InChI is InChI=1S/7CH3.3U.V.W/h7*1H3;;;;;/q7*-1;;2*+2;;. The van der Waals surface area contributed by atoms with Crippen molar-refractivity contribution in [1.29, 1.82) is 0 Å². The quantitative estimate of drug-likeness (QED) is 0.328. The van der Waals surface area contributed by atoms with E-state index < -0.39 is 0 Å². The van der Waals surface area contributed by atoms with Crippen LogP contribution in [0.1, 0.15) is 0 Å². The molecule has 1 radical (unpaired) electrons. The van der Waals surface area contributed by atoms with Crippen LogP contribution in [0.15, 0.2) is 0 Å². The third-order valence-corrected chi connectivity index (χ3v) is 0. The van der Waals surface area contributed by atoms with Crippen molar-refractivity contribution in [2.45, 2.75) is 0 Å². The Morgan fingerprint density at radius 1 is 0.417 bits per heavy atom. The Kier molecular flexibility index (Phi) is 2720. The van der Waals surface area contributed by atoms with Crippen LogP contribution in [0, 0.1) is 145 Å². The Bertz CT molecular complexity index is 18.6. The number of hydrogen-bond donors (Lipinski definition) is 0. The van der Waals surface area contributed by atoms with E-state index >= 15 is 0 Å². The molecular weight excluding hydrogens is 1030 g/mol. The molecule has 0 rings (SSSR count). The molecule has 0 aliphatic heterocycles. The molecule has 0 nitrogen and oxygen atoms in total. The predicted octanol–water partition coefficient (Wildman–Crippen LogP) is 3.15. The van der Waals surface area contributed by atoms with E-state index in [9.17, 15) is 0 Å². The summed E-state index contributed by atoms with van der Waals surface area (Å²) < 4.78 is 0. The average Bonchev–Trinajstić information content (AvgIpc) is 0. The van der Waals surface area contributed by atoms with E-state index in [0.29, 0.717) is 0 Å². The van der Waals surface area contributed by atoms with Gasteiger partial charge in [-0.15, -0.1) is 0 Å². The second-order valence-electron chi connectivity index (χ2n) is 0. The summed E-state index contributed by atoms with van der Waals surface area (Å²) in [5.74, 6) is 0. The molecule has 0 fully saturated rings. The van der Waals surface area contributed by atoms with Crippen molar-refractivity contribution in [3.05, 3.63) is 52.0 Å². The van der Waals surface area contributed by atoms with Crippen molar-refractivity contribution in [3.8, 4) is 0 Å².